The molecule has 5 rings (SSSR count). The molecule has 3 amide bonds. The van der Waals surface area contributed by atoms with E-state index in [0.717, 1.165) is 17.8 Å². The molecule has 30 heavy (non-hydrogen) atoms. The van der Waals surface area contributed by atoms with Crippen LogP contribution in [0.2, 0.25) is 0 Å². The lowest BCUT2D eigenvalue weighted by Crippen LogP contribution is -2.69. The van der Waals surface area contributed by atoms with Crippen molar-refractivity contribution in [3.05, 3.63) is 34.8 Å². The molecular formula is C21H23N5O3S. The molecule has 2 aliphatic heterocycles. The molecule has 0 radical (unpaired) electrons. The van der Waals surface area contributed by atoms with Gasteiger partial charge >= 0.3 is 0 Å². The molecule has 156 valence electrons. The fourth-order valence-electron chi connectivity index (χ4n) is 4.61. The summed E-state index contributed by atoms with van der Waals surface area (Å²) in [6, 6.07) is 7.01. The van der Waals surface area contributed by atoms with Gasteiger partial charge in [-0.05, 0) is 31.4 Å². The van der Waals surface area contributed by atoms with Crippen molar-refractivity contribution in [2.24, 2.45) is 0 Å². The van der Waals surface area contributed by atoms with Crippen LogP contribution in [0.15, 0.2) is 24.3 Å². The van der Waals surface area contributed by atoms with Crippen LogP contribution in [0, 0.1) is 0 Å². The highest BCUT2D eigenvalue weighted by Crippen LogP contribution is 2.45. The Kier molecular flexibility index (Phi) is 4.57. The number of para-hydroxylation sites is 1. The number of nitrogens with zero attached hydrogens (tertiary/aromatic N) is 4. The average Bonchev–Trinajstić information content (AvgIpc) is 3.29. The van der Waals surface area contributed by atoms with Gasteiger partial charge in [-0.2, -0.15) is 0 Å². The molecule has 0 spiro atoms. The van der Waals surface area contributed by atoms with Gasteiger partial charge in [0.15, 0.2) is 0 Å². The van der Waals surface area contributed by atoms with Crippen molar-refractivity contribution in [1.29, 1.82) is 0 Å². The fraction of sp³-hybridized carbons (Fsp3) is 0.476. The van der Waals surface area contributed by atoms with E-state index in [1.54, 1.807) is 29.2 Å². The van der Waals surface area contributed by atoms with Crippen LogP contribution < -0.4 is 10.2 Å². The molecule has 0 unspecified atom stereocenters. The number of carbonyl (C=O) groups excluding carboxylic acids is 3. The zero-order chi connectivity index (χ0) is 20.9. The average molecular weight is 426 g/mol. The standard InChI is InChI=1S/C21H23N5O3S/c1-2-12-25-18(28)14-8-3-4-9-15(14)26-16(27)10-11-21(25,26)19(29)22-20-24-23-17(30-20)13-6-5-7-13/h3-4,8-9,13H,2,5-7,10-12H2,1H3,(H,22,24,29)/t21-/m1/s1. The first-order valence-electron chi connectivity index (χ1n) is 10.4. The number of hydrogen-bond donors (Lipinski definition) is 1. The van der Waals surface area contributed by atoms with Gasteiger partial charge in [-0.15, -0.1) is 10.2 Å². The van der Waals surface area contributed by atoms with E-state index in [0.29, 0.717) is 35.3 Å². The molecule has 1 saturated heterocycles. The predicted octanol–water partition coefficient (Wildman–Crippen LogP) is 3.13. The Morgan fingerprint density at radius 3 is 2.80 bits per heavy atom. The van der Waals surface area contributed by atoms with Gasteiger partial charge in [0.05, 0.1) is 11.3 Å². The lowest BCUT2D eigenvalue weighted by Gasteiger charge is -2.48. The zero-order valence-electron chi connectivity index (χ0n) is 16.8. The van der Waals surface area contributed by atoms with Crippen LogP contribution in [-0.2, 0) is 9.59 Å². The van der Waals surface area contributed by atoms with Gasteiger partial charge in [-0.25, -0.2) is 0 Å². The van der Waals surface area contributed by atoms with Crippen LogP contribution in [0.3, 0.4) is 0 Å². The number of fused-ring (bicyclic) bond motifs is 3. The summed E-state index contributed by atoms with van der Waals surface area (Å²) < 4.78 is 0. The van der Waals surface area contributed by atoms with Gasteiger partial charge in [-0.1, -0.05) is 36.8 Å². The molecular weight excluding hydrogens is 402 g/mol. The van der Waals surface area contributed by atoms with E-state index in [1.165, 1.54) is 22.7 Å². The lowest BCUT2D eigenvalue weighted by molar-refractivity contribution is -0.128. The fourth-order valence-corrected chi connectivity index (χ4v) is 5.52. The molecule has 1 aromatic carbocycles. The second-order valence-corrected chi connectivity index (χ2v) is 9.06. The Balaban J connectivity index is 1.54. The van der Waals surface area contributed by atoms with Crippen molar-refractivity contribution >= 4 is 39.9 Å². The highest BCUT2D eigenvalue weighted by Gasteiger charge is 2.60. The summed E-state index contributed by atoms with van der Waals surface area (Å²) >= 11 is 1.38. The first-order chi connectivity index (χ1) is 14.6. The molecule has 1 N–H and O–H groups in total. The molecule has 0 bridgehead atoms. The first-order valence-corrected chi connectivity index (χ1v) is 11.3. The van der Waals surface area contributed by atoms with E-state index in [9.17, 15) is 14.4 Å². The minimum Gasteiger partial charge on any atom is -0.307 e. The second kappa shape index (κ2) is 7.16. The van der Waals surface area contributed by atoms with E-state index in [2.05, 4.69) is 15.5 Å². The highest BCUT2D eigenvalue weighted by atomic mass is 32.1. The van der Waals surface area contributed by atoms with Crippen LogP contribution in [0.5, 0.6) is 0 Å². The van der Waals surface area contributed by atoms with Crippen LogP contribution in [0.4, 0.5) is 10.8 Å². The van der Waals surface area contributed by atoms with E-state index in [4.69, 9.17) is 0 Å². The minimum absolute atomic E-state index is 0.154. The Labute approximate surface area is 178 Å². The normalized spacial score (nSPS) is 23.2. The summed E-state index contributed by atoms with van der Waals surface area (Å²) in [5.41, 5.74) is -0.423. The number of aromatic nitrogens is 2. The van der Waals surface area contributed by atoms with Crippen molar-refractivity contribution in [2.75, 3.05) is 16.8 Å². The second-order valence-electron chi connectivity index (χ2n) is 8.05. The van der Waals surface area contributed by atoms with Crippen molar-refractivity contribution in [2.45, 2.75) is 57.0 Å². The summed E-state index contributed by atoms with van der Waals surface area (Å²) in [5, 5.41) is 12.6. The Morgan fingerprint density at radius 1 is 1.27 bits per heavy atom. The van der Waals surface area contributed by atoms with Crippen molar-refractivity contribution in [3.63, 3.8) is 0 Å². The van der Waals surface area contributed by atoms with Crippen LogP contribution in [-0.4, -0.2) is 45.0 Å². The van der Waals surface area contributed by atoms with Gasteiger partial charge in [0.1, 0.15) is 5.01 Å². The molecule has 3 heterocycles. The Bertz CT molecular complexity index is 1030. The molecule has 1 atom stereocenters. The summed E-state index contributed by atoms with van der Waals surface area (Å²) in [7, 11) is 0. The molecule has 9 heteroatoms. The van der Waals surface area contributed by atoms with E-state index in [-0.39, 0.29) is 24.7 Å². The zero-order valence-corrected chi connectivity index (χ0v) is 17.6. The maximum absolute atomic E-state index is 13.7. The van der Waals surface area contributed by atoms with E-state index < -0.39 is 11.6 Å². The van der Waals surface area contributed by atoms with Gasteiger partial charge in [0.2, 0.25) is 16.7 Å². The van der Waals surface area contributed by atoms with Gasteiger partial charge < -0.3 is 4.90 Å². The molecule has 2 fully saturated rings. The van der Waals surface area contributed by atoms with Crippen molar-refractivity contribution in [3.8, 4) is 0 Å². The number of anilines is 2. The predicted molar refractivity (Wildman–Crippen MR) is 112 cm³/mol. The highest BCUT2D eigenvalue weighted by molar-refractivity contribution is 7.15. The maximum atomic E-state index is 13.7. The van der Waals surface area contributed by atoms with Crippen LogP contribution in [0.1, 0.15) is 66.7 Å². The Morgan fingerprint density at radius 2 is 2.07 bits per heavy atom. The van der Waals surface area contributed by atoms with Gasteiger partial charge in [-0.3, -0.25) is 24.6 Å². The Hall–Kier alpha value is -2.81. The lowest BCUT2D eigenvalue weighted by atomic mass is 9.86. The molecule has 3 aliphatic rings. The van der Waals surface area contributed by atoms with Gasteiger partial charge in [0.25, 0.3) is 11.8 Å². The number of nitrogens with one attached hydrogen (secondary N) is 1. The smallest absolute Gasteiger partial charge is 0.273 e. The molecule has 1 saturated carbocycles. The summed E-state index contributed by atoms with van der Waals surface area (Å²) in [5.74, 6) is -0.351. The maximum Gasteiger partial charge on any atom is 0.273 e. The molecule has 1 aliphatic carbocycles. The number of amides is 3. The topological polar surface area (TPSA) is 95.5 Å². The van der Waals surface area contributed by atoms with E-state index >= 15 is 0 Å². The summed E-state index contributed by atoms with van der Waals surface area (Å²) in [6.07, 6.45) is 4.54. The molecule has 2 aromatic rings. The minimum atomic E-state index is -1.37. The van der Waals surface area contributed by atoms with Crippen LogP contribution >= 0.6 is 11.3 Å². The van der Waals surface area contributed by atoms with E-state index in [1.807, 2.05) is 6.92 Å². The third-order valence-electron chi connectivity index (χ3n) is 6.30. The number of rotatable bonds is 5. The molecule has 8 nitrogen and oxygen atoms in total. The monoisotopic (exact) mass is 425 g/mol. The number of hydrogen-bond acceptors (Lipinski definition) is 6. The molecule has 1 aromatic heterocycles. The quantitative estimate of drug-likeness (QED) is 0.794. The largest absolute Gasteiger partial charge is 0.307 e. The third kappa shape index (κ3) is 2.68. The number of carbonyl (C=O) groups is 3. The van der Waals surface area contributed by atoms with Crippen LogP contribution in [0.25, 0.3) is 0 Å². The SMILES string of the molecule is CCCN1C(=O)c2ccccc2N2C(=O)CC[C@@]12C(=O)Nc1nnc(C2CCC2)s1. The summed E-state index contributed by atoms with van der Waals surface area (Å²) in [6.45, 7) is 2.34. The van der Waals surface area contributed by atoms with Crippen molar-refractivity contribution in [1.82, 2.24) is 15.1 Å². The van der Waals surface area contributed by atoms with Gasteiger partial charge in [0, 0.05) is 25.3 Å². The third-order valence-corrected chi connectivity index (χ3v) is 7.30. The summed E-state index contributed by atoms with van der Waals surface area (Å²) in [4.78, 5) is 43.0. The number of benzene rings is 1. The van der Waals surface area contributed by atoms with Crippen molar-refractivity contribution < 1.29 is 14.4 Å². The first kappa shape index (κ1) is 19.2.